The van der Waals surface area contributed by atoms with E-state index in [-0.39, 0.29) is 6.42 Å². The van der Waals surface area contributed by atoms with Gasteiger partial charge in [-0.2, -0.15) is 0 Å². The zero-order chi connectivity index (χ0) is 13.4. The first-order valence-electron chi connectivity index (χ1n) is 6.04. The SMILES string of the molecule is NCc1cccc2c1oc1c(CC(=O)O)cccc12. The third-order valence-corrected chi connectivity index (χ3v) is 3.25. The molecule has 0 aliphatic carbocycles. The summed E-state index contributed by atoms with van der Waals surface area (Å²) in [6.07, 6.45) is -0.0465. The molecule has 3 aromatic rings. The first-order chi connectivity index (χ1) is 9.20. The molecule has 1 heterocycles. The van der Waals surface area contributed by atoms with Gasteiger partial charge < -0.3 is 15.3 Å². The van der Waals surface area contributed by atoms with Crippen molar-refractivity contribution >= 4 is 27.9 Å². The molecule has 4 nitrogen and oxygen atoms in total. The fourth-order valence-corrected chi connectivity index (χ4v) is 2.40. The number of carbonyl (C=O) groups is 1. The van der Waals surface area contributed by atoms with Crippen LogP contribution in [0.2, 0.25) is 0 Å². The standard InChI is InChI=1S/C15H13NO3/c16-8-10-4-2-6-12-11-5-1-3-9(7-13(17)18)14(11)19-15(10)12/h1-6H,7-8,16H2,(H,17,18). The van der Waals surface area contributed by atoms with Crippen LogP contribution in [-0.2, 0) is 17.8 Å². The van der Waals surface area contributed by atoms with Crippen LogP contribution < -0.4 is 5.73 Å². The molecule has 0 atom stereocenters. The number of fused-ring (bicyclic) bond motifs is 3. The van der Waals surface area contributed by atoms with Crippen LogP contribution in [0.1, 0.15) is 11.1 Å². The number of para-hydroxylation sites is 2. The van der Waals surface area contributed by atoms with E-state index in [4.69, 9.17) is 15.3 Å². The summed E-state index contributed by atoms with van der Waals surface area (Å²) in [6, 6.07) is 11.4. The average Bonchev–Trinajstić information content (AvgIpc) is 2.78. The Morgan fingerprint density at radius 1 is 1.05 bits per heavy atom. The Morgan fingerprint density at radius 2 is 1.63 bits per heavy atom. The summed E-state index contributed by atoms with van der Waals surface area (Å²) in [5.41, 5.74) is 8.70. The molecule has 0 saturated carbocycles. The number of aliphatic carboxylic acids is 1. The minimum absolute atomic E-state index is 0.0465. The highest BCUT2D eigenvalue weighted by Crippen LogP contribution is 2.32. The van der Waals surface area contributed by atoms with Crippen molar-refractivity contribution in [1.82, 2.24) is 0 Å². The number of furan rings is 1. The maximum absolute atomic E-state index is 10.9. The Labute approximate surface area is 109 Å². The molecule has 0 saturated heterocycles. The lowest BCUT2D eigenvalue weighted by Crippen LogP contribution is -1.99. The van der Waals surface area contributed by atoms with Crippen molar-refractivity contribution in [3.8, 4) is 0 Å². The molecule has 3 rings (SSSR count). The van der Waals surface area contributed by atoms with Crippen molar-refractivity contribution in [2.45, 2.75) is 13.0 Å². The van der Waals surface area contributed by atoms with E-state index in [1.807, 2.05) is 30.3 Å². The predicted octanol–water partition coefficient (Wildman–Crippen LogP) is 2.67. The van der Waals surface area contributed by atoms with E-state index in [1.165, 1.54) is 0 Å². The maximum Gasteiger partial charge on any atom is 0.307 e. The second-order valence-electron chi connectivity index (χ2n) is 4.46. The number of benzene rings is 2. The van der Waals surface area contributed by atoms with E-state index >= 15 is 0 Å². The van der Waals surface area contributed by atoms with Gasteiger partial charge in [-0.05, 0) is 0 Å². The molecule has 4 heteroatoms. The van der Waals surface area contributed by atoms with E-state index in [1.54, 1.807) is 6.07 Å². The third kappa shape index (κ3) is 1.86. The number of carboxylic acid groups (broad SMARTS) is 1. The first kappa shape index (κ1) is 11.7. The third-order valence-electron chi connectivity index (χ3n) is 3.25. The molecule has 3 N–H and O–H groups in total. The number of rotatable bonds is 3. The van der Waals surface area contributed by atoms with Crippen LogP contribution in [0.4, 0.5) is 0 Å². The van der Waals surface area contributed by atoms with Crippen molar-refractivity contribution in [1.29, 1.82) is 0 Å². The quantitative estimate of drug-likeness (QED) is 0.754. The van der Waals surface area contributed by atoms with Crippen molar-refractivity contribution in [3.63, 3.8) is 0 Å². The van der Waals surface area contributed by atoms with Gasteiger partial charge in [0.25, 0.3) is 0 Å². The zero-order valence-electron chi connectivity index (χ0n) is 10.2. The molecular weight excluding hydrogens is 242 g/mol. The minimum Gasteiger partial charge on any atom is -0.481 e. The van der Waals surface area contributed by atoms with Gasteiger partial charge in [-0.15, -0.1) is 0 Å². The van der Waals surface area contributed by atoms with Crippen LogP contribution in [0, 0.1) is 0 Å². The number of carboxylic acids is 1. The number of nitrogens with two attached hydrogens (primary N) is 1. The topological polar surface area (TPSA) is 76.5 Å². The van der Waals surface area contributed by atoms with E-state index in [2.05, 4.69) is 0 Å². The summed E-state index contributed by atoms with van der Waals surface area (Å²) >= 11 is 0. The van der Waals surface area contributed by atoms with Crippen molar-refractivity contribution in [2.24, 2.45) is 5.73 Å². The van der Waals surface area contributed by atoms with Gasteiger partial charge in [-0.3, -0.25) is 4.79 Å². The van der Waals surface area contributed by atoms with Crippen LogP contribution in [-0.4, -0.2) is 11.1 Å². The smallest absolute Gasteiger partial charge is 0.307 e. The predicted molar refractivity (Wildman–Crippen MR) is 73.0 cm³/mol. The Balaban J connectivity index is 2.36. The molecule has 0 spiro atoms. The van der Waals surface area contributed by atoms with Crippen molar-refractivity contribution in [2.75, 3.05) is 0 Å². The highest BCUT2D eigenvalue weighted by Gasteiger charge is 2.14. The summed E-state index contributed by atoms with van der Waals surface area (Å²) in [6.45, 7) is 0.394. The normalized spacial score (nSPS) is 11.2. The van der Waals surface area contributed by atoms with Crippen LogP contribution in [0.5, 0.6) is 0 Å². The Morgan fingerprint density at radius 3 is 2.21 bits per heavy atom. The molecule has 0 aliphatic heterocycles. The Hall–Kier alpha value is -2.33. The molecule has 0 amide bonds. The molecule has 0 fully saturated rings. The molecule has 2 aromatic carbocycles. The fraction of sp³-hybridized carbons (Fsp3) is 0.133. The van der Waals surface area contributed by atoms with Crippen LogP contribution >= 0.6 is 0 Å². The number of hydrogen-bond acceptors (Lipinski definition) is 3. The maximum atomic E-state index is 10.9. The van der Waals surface area contributed by atoms with Crippen LogP contribution in [0.15, 0.2) is 40.8 Å². The van der Waals surface area contributed by atoms with Crippen molar-refractivity contribution < 1.29 is 14.3 Å². The second-order valence-corrected chi connectivity index (χ2v) is 4.46. The molecule has 0 bridgehead atoms. The number of hydrogen-bond donors (Lipinski definition) is 2. The van der Waals surface area contributed by atoms with Gasteiger partial charge in [0.05, 0.1) is 6.42 Å². The van der Waals surface area contributed by atoms with Crippen LogP contribution in [0.25, 0.3) is 21.9 Å². The molecule has 0 radical (unpaired) electrons. The first-order valence-corrected chi connectivity index (χ1v) is 6.04. The monoisotopic (exact) mass is 255 g/mol. The lowest BCUT2D eigenvalue weighted by atomic mass is 10.1. The van der Waals surface area contributed by atoms with Gasteiger partial charge in [-0.25, -0.2) is 0 Å². The minimum atomic E-state index is -0.869. The zero-order valence-corrected chi connectivity index (χ0v) is 10.2. The van der Waals surface area contributed by atoms with Gasteiger partial charge in [0.2, 0.25) is 0 Å². The summed E-state index contributed by atoms with van der Waals surface area (Å²) in [7, 11) is 0. The highest BCUT2D eigenvalue weighted by atomic mass is 16.4. The average molecular weight is 255 g/mol. The lowest BCUT2D eigenvalue weighted by Gasteiger charge is -1.97. The molecule has 96 valence electrons. The summed E-state index contributed by atoms with van der Waals surface area (Å²) in [5.74, 6) is -0.869. The van der Waals surface area contributed by atoms with Gasteiger partial charge in [-0.1, -0.05) is 36.4 Å². The fourth-order valence-electron chi connectivity index (χ4n) is 2.40. The summed E-state index contributed by atoms with van der Waals surface area (Å²) in [4.78, 5) is 10.9. The molecular formula is C15H13NO3. The van der Waals surface area contributed by atoms with E-state index in [0.717, 1.165) is 21.9 Å². The van der Waals surface area contributed by atoms with E-state index in [9.17, 15) is 4.79 Å². The Bertz CT molecular complexity index is 774. The van der Waals surface area contributed by atoms with Crippen molar-refractivity contribution in [3.05, 3.63) is 47.5 Å². The molecule has 0 aliphatic rings. The van der Waals surface area contributed by atoms with E-state index in [0.29, 0.717) is 17.7 Å². The van der Waals surface area contributed by atoms with Gasteiger partial charge in [0.1, 0.15) is 11.2 Å². The van der Waals surface area contributed by atoms with Gasteiger partial charge in [0.15, 0.2) is 0 Å². The summed E-state index contributed by atoms with van der Waals surface area (Å²) < 4.78 is 5.86. The van der Waals surface area contributed by atoms with Gasteiger partial charge >= 0.3 is 5.97 Å². The highest BCUT2D eigenvalue weighted by molar-refractivity contribution is 6.07. The second kappa shape index (κ2) is 4.40. The lowest BCUT2D eigenvalue weighted by molar-refractivity contribution is -0.136. The van der Waals surface area contributed by atoms with Gasteiger partial charge in [0, 0.05) is 28.4 Å². The Kier molecular flexibility index (Phi) is 2.72. The molecule has 0 unspecified atom stereocenters. The van der Waals surface area contributed by atoms with Crippen LogP contribution in [0.3, 0.4) is 0 Å². The van der Waals surface area contributed by atoms with E-state index < -0.39 is 5.97 Å². The molecule has 19 heavy (non-hydrogen) atoms. The largest absolute Gasteiger partial charge is 0.481 e. The summed E-state index contributed by atoms with van der Waals surface area (Å²) in [5, 5.41) is 10.9. The molecule has 1 aromatic heterocycles.